The molecule has 1 saturated heterocycles. The van der Waals surface area contributed by atoms with E-state index in [0.717, 1.165) is 32.0 Å². The molecule has 0 spiro atoms. The largest absolute Gasteiger partial charge is 0.396 e. The second-order valence-electron chi connectivity index (χ2n) is 4.95. The number of carbonyl (C=O) groups is 2. The third kappa shape index (κ3) is 3.93. The molecule has 7 heteroatoms. The molecule has 5 nitrogen and oxygen atoms in total. The zero-order valence-corrected chi connectivity index (χ0v) is 13.1. The number of likely N-dealkylation sites (tertiary alicyclic amines) is 1. The van der Waals surface area contributed by atoms with Crippen LogP contribution in [0.1, 0.15) is 29.6 Å². The number of hydrogen-bond acceptors (Lipinski definition) is 3. The fourth-order valence-corrected chi connectivity index (χ4v) is 2.74. The van der Waals surface area contributed by atoms with Crippen LogP contribution in [-0.2, 0) is 4.79 Å². The molecule has 0 unspecified atom stereocenters. The molecule has 1 aliphatic rings. The van der Waals surface area contributed by atoms with Crippen molar-refractivity contribution in [2.24, 2.45) is 0 Å². The van der Waals surface area contributed by atoms with E-state index in [9.17, 15) is 14.0 Å². The topological polar surface area (TPSA) is 75.4 Å². The van der Waals surface area contributed by atoms with Crippen LogP contribution in [0.5, 0.6) is 0 Å². The monoisotopic (exact) mass is 357 g/mol. The van der Waals surface area contributed by atoms with Gasteiger partial charge in [-0.15, -0.1) is 0 Å². The Bertz CT molecular complexity index is 559. The van der Waals surface area contributed by atoms with Gasteiger partial charge in [0.05, 0.1) is 11.3 Å². The summed E-state index contributed by atoms with van der Waals surface area (Å²) in [7, 11) is 0. The Labute approximate surface area is 130 Å². The number of halogens is 2. The molecule has 21 heavy (non-hydrogen) atoms. The van der Waals surface area contributed by atoms with Gasteiger partial charge in [-0.25, -0.2) is 4.39 Å². The summed E-state index contributed by atoms with van der Waals surface area (Å²) >= 11 is 3.13. The first-order valence-electron chi connectivity index (χ1n) is 6.79. The second-order valence-corrected chi connectivity index (χ2v) is 5.80. The van der Waals surface area contributed by atoms with Crippen molar-refractivity contribution in [3.05, 3.63) is 28.0 Å². The summed E-state index contributed by atoms with van der Waals surface area (Å²) in [6.07, 6.45) is 2.35. The molecular formula is C14H17BrFN3O2. The number of nitrogen functional groups attached to an aromatic ring is 1. The van der Waals surface area contributed by atoms with Crippen LogP contribution in [0.3, 0.4) is 0 Å². The number of nitrogens with two attached hydrogens (primary N) is 1. The normalized spacial score (nSPS) is 14.3. The third-order valence-electron chi connectivity index (χ3n) is 3.41. The maximum atomic E-state index is 13.2. The van der Waals surface area contributed by atoms with Crippen molar-refractivity contribution in [1.29, 1.82) is 0 Å². The zero-order valence-electron chi connectivity index (χ0n) is 11.5. The molecule has 1 aliphatic heterocycles. The van der Waals surface area contributed by atoms with Crippen LogP contribution < -0.4 is 11.1 Å². The summed E-state index contributed by atoms with van der Waals surface area (Å²) in [6.45, 7) is 1.84. The van der Waals surface area contributed by atoms with E-state index in [1.54, 1.807) is 4.90 Å². The Hall–Kier alpha value is -1.63. The quantitative estimate of drug-likeness (QED) is 0.808. The summed E-state index contributed by atoms with van der Waals surface area (Å²) in [5, 5.41) is 2.65. The molecule has 0 radical (unpaired) electrons. The van der Waals surface area contributed by atoms with Gasteiger partial charge in [-0.1, -0.05) is 0 Å². The van der Waals surface area contributed by atoms with E-state index in [-0.39, 0.29) is 36.0 Å². The molecule has 0 saturated carbocycles. The molecule has 2 rings (SSSR count). The highest BCUT2D eigenvalue weighted by molar-refractivity contribution is 9.10. The van der Waals surface area contributed by atoms with Crippen molar-refractivity contribution >= 4 is 33.4 Å². The minimum absolute atomic E-state index is 0.0467. The maximum absolute atomic E-state index is 13.2. The highest BCUT2D eigenvalue weighted by atomic mass is 79.9. The van der Waals surface area contributed by atoms with E-state index in [2.05, 4.69) is 21.2 Å². The van der Waals surface area contributed by atoms with Crippen LogP contribution in [0.2, 0.25) is 0 Å². The lowest BCUT2D eigenvalue weighted by atomic mass is 10.2. The van der Waals surface area contributed by atoms with E-state index < -0.39 is 5.82 Å². The van der Waals surface area contributed by atoms with Crippen LogP contribution >= 0.6 is 15.9 Å². The lowest BCUT2D eigenvalue weighted by Crippen LogP contribution is -2.32. The summed E-state index contributed by atoms with van der Waals surface area (Å²) < 4.78 is 13.5. The van der Waals surface area contributed by atoms with Gasteiger partial charge in [0, 0.05) is 30.5 Å². The van der Waals surface area contributed by atoms with Gasteiger partial charge in [0.15, 0.2) is 0 Å². The van der Waals surface area contributed by atoms with Crippen molar-refractivity contribution in [2.45, 2.75) is 19.3 Å². The fourth-order valence-electron chi connectivity index (χ4n) is 2.24. The Balaban J connectivity index is 1.87. The minimum atomic E-state index is -0.581. The Morgan fingerprint density at radius 2 is 2.00 bits per heavy atom. The molecule has 1 aromatic carbocycles. The average Bonchev–Trinajstić information content (AvgIpc) is 2.96. The van der Waals surface area contributed by atoms with Gasteiger partial charge in [-0.2, -0.15) is 0 Å². The van der Waals surface area contributed by atoms with Gasteiger partial charge < -0.3 is 16.0 Å². The molecule has 1 fully saturated rings. The van der Waals surface area contributed by atoms with Crippen molar-refractivity contribution < 1.29 is 14.0 Å². The highest BCUT2D eigenvalue weighted by Crippen LogP contribution is 2.22. The number of amides is 2. The number of anilines is 1. The Morgan fingerprint density at radius 3 is 2.67 bits per heavy atom. The molecule has 0 bridgehead atoms. The SMILES string of the molecule is Nc1cc(C(=O)NCCC(=O)N2CCCC2)c(Br)cc1F. The molecule has 0 aromatic heterocycles. The number of benzene rings is 1. The first-order chi connectivity index (χ1) is 9.99. The predicted octanol–water partition coefficient (Wildman–Crippen LogP) is 1.91. The number of rotatable bonds is 4. The average molecular weight is 358 g/mol. The fraction of sp³-hybridized carbons (Fsp3) is 0.429. The van der Waals surface area contributed by atoms with Crippen LogP contribution in [0.25, 0.3) is 0 Å². The Kier molecular flexibility index (Phi) is 5.17. The molecule has 1 aromatic rings. The van der Waals surface area contributed by atoms with Gasteiger partial charge in [0.2, 0.25) is 5.91 Å². The van der Waals surface area contributed by atoms with Crippen LogP contribution in [0.15, 0.2) is 16.6 Å². The van der Waals surface area contributed by atoms with Gasteiger partial charge in [-0.05, 0) is 40.9 Å². The lowest BCUT2D eigenvalue weighted by molar-refractivity contribution is -0.129. The van der Waals surface area contributed by atoms with E-state index in [1.165, 1.54) is 6.07 Å². The minimum Gasteiger partial charge on any atom is -0.396 e. The predicted molar refractivity (Wildman–Crippen MR) is 81.3 cm³/mol. The standard InChI is InChI=1S/C14H17BrFN3O2/c15-10-8-11(16)12(17)7-9(10)14(21)18-4-3-13(20)19-5-1-2-6-19/h7-8H,1-6,17H2,(H,18,21). The molecule has 1 heterocycles. The number of nitrogens with one attached hydrogen (secondary N) is 1. The Morgan fingerprint density at radius 1 is 1.33 bits per heavy atom. The number of hydrogen-bond donors (Lipinski definition) is 2. The summed E-state index contributed by atoms with van der Waals surface area (Å²) in [5.74, 6) is -0.920. The van der Waals surface area contributed by atoms with Gasteiger partial charge in [-0.3, -0.25) is 9.59 Å². The summed E-state index contributed by atoms with van der Waals surface area (Å²) in [4.78, 5) is 25.6. The number of carbonyl (C=O) groups excluding carboxylic acids is 2. The molecule has 114 valence electrons. The molecule has 0 aliphatic carbocycles. The van der Waals surface area contributed by atoms with E-state index in [4.69, 9.17) is 5.73 Å². The molecule has 2 amide bonds. The first kappa shape index (κ1) is 15.8. The van der Waals surface area contributed by atoms with Gasteiger partial charge in [0.25, 0.3) is 5.91 Å². The van der Waals surface area contributed by atoms with Crippen molar-refractivity contribution in [2.75, 3.05) is 25.4 Å². The van der Waals surface area contributed by atoms with Crippen LogP contribution in [0.4, 0.5) is 10.1 Å². The summed E-state index contributed by atoms with van der Waals surface area (Å²) in [5.41, 5.74) is 5.62. The second kappa shape index (κ2) is 6.89. The van der Waals surface area contributed by atoms with Crippen molar-refractivity contribution in [3.8, 4) is 0 Å². The van der Waals surface area contributed by atoms with Crippen molar-refractivity contribution in [3.63, 3.8) is 0 Å². The number of nitrogens with zero attached hydrogens (tertiary/aromatic N) is 1. The van der Waals surface area contributed by atoms with Crippen LogP contribution in [0, 0.1) is 5.82 Å². The van der Waals surface area contributed by atoms with Crippen LogP contribution in [-0.4, -0.2) is 36.3 Å². The zero-order chi connectivity index (χ0) is 15.4. The van der Waals surface area contributed by atoms with E-state index in [1.807, 2.05) is 0 Å². The smallest absolute Gasteiger partial charge is 0.252 e. The van der Waals surface area contributed by atoms with E-state index >= 15 is 0 Å². The highest BCUT2D eigenvalue weighted by Gasteiger charge is 2.18. The third-order valence-corrected chi connectivity index (χ3v) is 4.07. The van der Waals surface area contributed by atoms with Crippen molar-refractivity contribution in [1.82, 2.24) is 10.2 Å². The van der Waals surface area contributed by atoms with Gasteiger partial charge in [0.1, 0.15) is 5.82 Å². The maximum Gasteiger partial charge on any atom is 0.252 e. The van der Waals surface area contributed by atoms with E-state index in [0.29, 0.717) is 4.47 Å². The molecule has 0 atom stereocenters. The lowest BCUT2D eigenvalue weighted by Gasteiger charge is -2.15. The molecular weight excluding hydrogens is 341 g/mol. The molecule has 3 N–H and O–H groups in total. The van der Waals surface area contributed by atoms with Gasteiger partial charge >= 0.3 is 0 Å². The first-order valence-corrected chi connectivity index (χ1v) is 7.59. The summed E-state index contributed by atoms with van der Waals surface area (Å²) in [6, 6.07) is 2.43.